The van der Waals surface area contributed by atoms with E-state index in [9.17, 15) is 8.42 Å². The minimum Gasteiger partial charge on any atom is -0.379 e. The van der Waals surface area contributed by atoms with Crippen LogP contribution in [0.1, 0.15) is 5.56 Å². The van der Waals surface area contributed by atoms with Gasteiger partial charge in [-0.15, -0.1) is 0 Å². The van der Waals surface area contributed by atoms with Gasteiger partial charge in [-0.3, -0.25) is 0 Å². The van der Waals surface area contributed by atoms with Gasteiger partial charge in [0.2, 0.25) is 10.0 Å². The van der Waals surface area contributed by atoms with E-state index < -0.39 is 10.0 Å². The van der Waals surface area contributed by atoms with E-state index in [-0.39, 0.29) is 9.92 Å². The molecule has 0 atom stereocenters. The topological polar surface area (TPSA) is 46.6 Å². The van der Waals surface area contributed by atoms with Crippen LogP contribution in [0.2, 0.25) is 5.02 Å². The number of ether oxygens (including phenoxy) is 1. The van der Waals surface area contributed by atoms with Crippen LogP contribution in [0, 0.1) is 6.92 Å². The second-order valence-electron chi connectivity index (χ2n) is 4.05. The molecule has 7 heteroatoms. The molecule has 0 amide bonds. The van der Waals surface area contributed by atoms with Crippen LogP contribution in [0.3, 0.4) is 0 Å². The Hall–Kier alpha value is -0.140. The van der Waals surface area contributed by atoms with Gasteiger partial charge in [0.05, 0.1) is 18.2 Å². The fraction of sp³-hybridized carbons (Fsp3) is 0.455. The van der Waals surface area contributed by atoms with Crippen LogP contribution in [0.25, 0.3) is 0 Å². The Morgan fingerprint density at radius 3 is 2.56 bits per heavy atom. The van der Waals surface area contributed by atoms with E-state index in [2.05, 4.69) is 15.9 Å². The molecule has 100 valence electrons. The molecule has 1 aromatic rings. The predicted octanol–water partition coefficient (Wildman–Crippen LogP) is 2.43. The second-order valence-corrected chi connectivity index (χ2v) is 7.22. The van der Waals surface area contributed by atoms with Crippen molar-refractivity contribution in [2.75, 3.05) is 26.3 Å². The predicted molar refractivity (Wildman–Crippen MR) is 73.5 cm³/mol. The highest BCUT2D eigenvalue weighted by Gasteiger charge is 2.28. The second kappa shape index (κ2) is 5.46. The highest BCUT2D eigenvalue weighted by molar-refractivity contribution is 9.10. The summed E-state index contributed by atoms with van der Waals surface area (Å²) >= 11 is 9.37. The molecular weight excluding hydrogens is 342 g/mol. The molecule has 0 aromatic heterocycles. The van der Waals surface area contributed by atoms with Crippen LogP contribution in [0.5, 0.6) is 0 Å². The number of hydrogen-bond acceptors (Lipinski definition) is 3. The number of halogens is 2. The van der Waals surface area contributed by atoms with Gasteiger partial charge in [0.25, 0.3) is 0 Å². The highest BCUT2D eigenvalue weighted by atomic mass is 79.9. The van der Waals surface area contributed by atoms with Crippen molar-refractivity contribution in [2.24, 2.45) is 0 Å². The SMILES string of the molecule is Cc1cc(S(=O)(=O)N2CCOCC2)c(Cl)cc1Br. The summed E-state index contributed by atoms with van der Waals surface area (Å²) in [6, 6.07) is 3.21. The molecule has 18 heavy (non-hydrogen) atoms. The lowest BCUT2D eigenvalue weighted by Crippen LogP contribution is -2.40. The maximum Gasteiger partial charge on any atom is 0.244 e. The number of hydrogen-bond donors (Lipinski definition) is 0. The summed E-state index contributed by atoms with van der Waals surface area (Å²) in [7, 11) is -3.53. The van der Waals surface area contributed by atoms with Crippen molar-refractivity contribution >= 4 is 37.6 Å². The Kier molecular flexibility index (Phi) is 4.33. The summed E-state index contributed by atoms with van der Waals surface area (Å²) in [4.78, 5) is 0.159. The first kappa shape index (κ1) is 14.3. The molecule has 1 aliphatic heterocycles. The van der Waals surface area contributed by atoms with Gasteiger partial charge in [-0.25, -0.2) is 8.42 Å². The third-order valence-corrected chi connectivity index (χ3v) is 6.02. The summed E-state index contributed by atoms with van der Waals surface area (Å²) in [5.41, 5.74) is 0.839. The van der Waals surface area contributed by atoms with Crippen molar-refractivity contribution in [3.8, 4) is 0 Å². The average Bonchev–Trinajstić information content (AvgIpc) is 2.34. The Labute approximate surface area is 120 Å². The van der Waals surface area contributed by atoms with Crippen molar-refractivity contribution < 1.29 is 13.2 Å². The van der Waals surface area contributed by atoms with Gasteiger partial charge >= 0.3 is 0 Å². The molecule has 4 nitrogen and oxygen atoms in total. The minimum absolute atomic E-state index is 0.159. The number of nitrogens with zero attached hydrogens (tertiary/aromatic N) is 1. The van der Waals surface area contributed by atoms with Gasteiger partial charge in [-0.1, -0.05) is 27.5 Å². The zero-order valence-corrected chi connectivity index (χ0v) is 13.0. The molecule has 0 bridgehead atoms. The van der Waals surface area contributed by atoms with E-state index in [4.69, 9.17) is 16.3 Å². The lowest BCUT2D eigenvalue weighted by atomic mass is 10.2. The van der Waals surface area contributed by atoms with E-state index in [1.807, 2.05) is 6.92 Å². The van der Waals surface area contributed by atoms with Crippen molar-refractivity contribution in [3.05, 3.63) is 27.2 Å². The van der Waals surface area contributed by atoms with Gasteiger partial charge in [0.15, 0.2) is 0 Å². The molecule has 1 aliphatic rings. The zero-order chi connectivity index (χ0) is 13.3. The fourth-order valence-electron chi connectivity index (χ4n) is 1.75. The molecule has 1 fully saturated rings. The summed E-state index contributed by atoms with van der Waals surface area (Å²) in [5.74, 6) is 0. The van der Waals surface area contributed by atoms with E-state index in [1.54, 1.807) is 12.1 Å². The normalized spacial score (nSPS) is 17.9. The molecule has 0 radical (unpaired) electrons. The van der Waals surface area contributed by atoms with E-state index in [1.165, 1.54) is 4.31 Å². The zero-order valence-electron chi connectivity index (χ0n) is 9.82. The van der Waals surface area contributed by atoms with Gasteiger partial charge in [0.1, 0.15) is 4.90 Å². The molecular formula is C11H13BrClNO3S. The average molecular weight is 355 g/mol. The van der Waals surface area contributed by atoms with Crippen LogP contribution in [-0.2, 0) is 14.8 Å². The lowest BCUT2D eigenvalue weighted by molar-refractivity contribution is 0.0730. The Morgan fingerprint density at radius 2 is 1.94 bits per heavy atom. The molecule has 0 spiro atoms. The van der Waals surface area contributed by atoms with Crippen LogP contribution < -0.4 is 0 Å². The first-order valence-corrected chi connectivity index (χ1v) is 8.07. The highest BCUT2D eigenvalue weighted by Crippen LogP contribution is 2.30. The Bertz CT molecular complexity index is 556. The van der Waals surface area contributed by atoms with Crippen molar-refractivity contribution in [2.45, 2.75) is 11.8 Å². The summed E-state index contributed by atoms with van der Waals surface area (Å²) in [5, 5.41) is 0.235. The standard InChI is InChI=1S/C11H13BrClNO3S/c1-8-6-11(10(13)7-9(8)12)18(15,16)14-2-4-17-5-3-14/h6-7H,2-5H2,1H3. The number of rotatable bonds is 2. The maximum absolute atomic E-state index is 12.4. The Morgan fingerprint density at radius 1 is 1.33 bits per heavy atom. The van der Waals surface area contributed by atoms with Gasteiger partial charge < -0.3 is 4.74 Å². The summed E-state index contributed by atoms with van der Waals surface area (Å²) in [6.07, 6.45) is 0. The van der Waals surface area contributed by atoms with E-state index in [0.717, 1.165) is 10.0 Å². The third kappa shape index (κ3) is 2.72. The van der Waals surface area contributed by atoms with Crippen molar-refractivity contribution in [1.82, 2.24) is 4.31 Å². The third-order valence-electron chi connectivity index (χ3n) is 2.80. The molecule has 0 unspecified atom stereocenters. The monoisotopic (exact) mass is 353 g/mol. The first-order chi connectivity index (χ1) is 8.43. The van der Waals surface area contributed by atoms with Crippen LogP contribution in [-0.4, -0.2) is 39.0 Å². The minimum atomic E-state index is -3.53. The van der Waals surface area contributed by atoms with Crippen molar-refractivity contribution in [3.63, 3.8) is 0 Å². The van der Waals surface area contributed by atoms with E-state index in [0.29, 0.717) is 26.3 Å². The van der Waals surface area contributed by atoms with Gasteiger partial charge in [-0.05, 0) is 24.6 Å². The first-order valence-electron chi connectivity index (χ1n) is 5.46. The Balaban J connectivity index is 2.43. The molecule has 1 saturated heterocycles. The molecule has 0 aliphatic carbocycles. The molecule has 1 aromatic carbocycles. The molecule has 1 heterocycles. The van der Waals surface area contributed by atoms with Crippen molar-refractivity contribution in [1.29, 1.82) is 0 Å². The van der Waals surface area contributed by atoms with Crippen LogP contribution >= 0.6 is 27.5 Å². The number of morpholine rings is 1. The van der Waals surface area contributed by atoms with E-state index >= 15 is 0 Å². The fourth-order valence-corrected chi connectivity index (χ4v) is 4.22. The number of aryl methyl sites for hydroxylation is 1. The summed E-state index contributed by atoms with van der Waals surface area (Å²) < 4.78 is 32.2. The number of sulfonamides is 1. The van der Waals surface area contributed by atoms with Gasteiger partial charge in [-0.2, -0.15) is 4.31 Å². The quantitative estimate of drug-likeness (QED) is 0.819. The summed E-state index contributed by atoms with van der Waals surface area (Å²) in [6.45, 7) is 3.42. The maximum atomic E-state index is 12.4. The molecule has 0 saturated carbocycles. The lowest BCUT2D eigenvalue weighted by Gasteiger charge is -2.26. The number of benzene rings is 1. The molecule has 0 N–H and O–H groups in total. The van der Waals surface area contributed by atoms with Crippen LogP contribution in [0.15, 0.2) is 21.5 Å². The largest absolute Gasteiger partial charge is 0.379 e. The molecule has 2 rings (SSSR count). The van der Waals surface area contributed by atoms with Gasteiger partial charge in [0, 0.05) is 17.6 Å². The van der Waals surface area contributed by atoms with Crippen LogP contribution in [0.4, 0.5) is 0 Å². The smallest absolute Gasteiger partial charge is 0.244 e.